The topological polar surface area (TPSA) is 78.4 Å². The van der Waals surface area contributed by atoms with Gasteiger partial charge in [0.1, 0.15) is 17.7 Å². The minimum atomic E-state index is -0.366. The molecule has 5 rings (SSSR count). The molecule has 2 N–H and O–H groups in total. The lowest BCUT2D eigenvalue weighted by Gasteiger charge is -2.39. The molecule has 42 heavy (non-hydrogen) atoms. The number of hydrogen-bond acceptors (Lipinski definition) is 4. The van der Waals surface area contributed by atoms with E-state index in [1.54, 1.807) is 10.9 Å². The lowest BCUT2D eigenvalue weighted by Crippen LogP contribution is -2.38. The molecule has 0 radical (unpaired) electrons. The van der Waals surface area contributed by atoms with Crippen molar-refractivity contribution in [2.24, 2.45) is 5.41 Å². The van der Waals surface area contributed by atoms with Gasteiger partial charge >= 0.3 is 0 Å². The van der Waals surface area contributed by atoms with Crippen LogP contribution in [0.25, 0.3) is 32.9 Å². The van der Waals surface area contributed by atoms with E-state index >= 15 is 0 Å². The Kier molecular flexibility index (Phi) is 7.00. The zero-order valence-electron chi connectivity index (χ0n) is 27.0. The van der Waals surface area contributed by atoms with Crippen molar-refractivity contribution in [2.75, 3.05) is 0 Å². The van der Waals surface area contributed by atoms with Crippen LogP contribution in [0.5, 0.6) is 0 Å². The summed E-state index contributed by atoms with van der Waals surface area (Å²) in [4.78, 5) is 9.66. The number of fused-ring (bicyclic) bond motifs is 3. The fourth-order valence-corrected chi connectivity index (χ4v) is 6.48. The molecule has 5 nitrogen and oxygen atoms in total. The summed E-state index contributed by atoms with van der Waals surface area (Å²) in [5.74, 6) is 0.292. The van der Waals surface area contributed by atoms with Crippen LogP contribution in [0.15, 0.2) is 48.8 Å². The van der Waals surface area contributed by atoms with E-state index in [-0.39, 0.29) is 16.3 Å². The van der Waals surface area contributed by atoms with E-state index in [2.05, 4.69) is 119 Å². The van der Waals surface area contributed by atoms with Crippen molar-refractivity contribution in [1.82, 2.24) is 14.5 Å². The average Bonchev–Trinajstić information content (AvgIpc) is 2.86. The number of nitrogens with zero attached hydrogens (tertiary/aromatic N) is 3. The van der Waals surface area contributed by atoms with Crippen LogP contribution in [0.3, 0.4) is 0 Å². The van der Waals surface area contributed by atoms with Crippen LogP contribution >= 0.6 is 0 Å². The minimum Gasteiger partial charge on any atom is -0.283 e. The van der Waals surface area contributed by atoms with Crippen molar-refractivity contribution in [3.05, 3.63) is 98.9 Å². The molecule has 0 atom stereocenters. The minimum absolute atomic E-state index is 0.129. The second-order valence-electron chi connectivity index (χ2n) is 13.6. The van der Waals surface area contributed by atoms with Gasteiger partial charge in [-0.1, -0.05) is 76.1 Å². The van der Waals surface area contributed by atoms with E-state index in [9.17, 15) is 10.8 Å². The summed E-state index contributed by atoms with van der Waals surface area (Å²) in [5.41, 5.74) is 12.2. The maximum Gasteiger partial charge on any atom is 0.142 e. The van der Waals surface area contributed by atoms with Crippen molar-refractivity contribution >= 4 is 27.6 Å². The number of pyridine rings is 1. The van der Waals surface area contributed by atoms with Gasteiger partial charge in [0.05, 0.1) is 22.1 Å². The van der Waals surface area contributed by atoms with Gasteiger partial charge < -0.3 is 0 Å². The number of nitrogens with one attached hydrogen (secondary N) is 2. The van der Waals surface area contributed by atoms with E-state index in [4.69, 9.17) is 9.97 Å². The van der Waals surface area contributed by atoms with Crippen molar-refractivity contribution < 1.29 is 0 Å². The predicted molar refractivity (Wildman–Crippen MR) is 176 cm³/mol. The maximum atomic E-state index is 9.66. The molecule has 3 aromatic carbocycles. The van der Waals surface area contributed by atoms with Gasteiger partial charge in [0.25, 0.3) is 0 Å². The lowest BCUT2D eigenvalue weighted by molar-refractivity contribution is 0.221. The van der Waals surface area contributed by atoms with E-state index in [1.807, 2.05) is 0 Å². The molecule has 0 aliphatic carbocycles. The normalized spacial score (nSPS) is 12.4. The first kappa shape index (κ1) is 29.4. The summed E-state index contributed by atoms with van der Waals surface area (Å²) < 4.78 is 1.80. The Hall–Kier alpha value is -4.12. The summed E-state index contributed by atoms with van der Waals surface area (Å²) >= 11 is 0. The molecule has 216 valence electrons. The smallest absolute Gasteiger partial charge is 0.142 e. The van der Waals surface area contributed by atoms with Gasteiger partial charge in [-0.05, 0) is 92.5 Å². The molecule has 5 heteroatoms. The van der Waals surface area contributed by atoms with Gasteiger partial charge in [0.15, 0.2) is 0 Å². The summed E-state index contributed by atoms with van der Waals surface area (Å²) in [7, 11) is 0. The molecule has 2 heterocycles. The Morgan fingerprint density at radius 3 is 1.83 bits per heavy atom. The molecule has 0 saturated heterocycles. The highest BCUT2D eigenvalue weighted by Gasteiger charge is 2.38. The summed E-state index contributed by atoms with van der Waals surface area (Å²) in [6, 6.07) is 15.1. The molecule has 0 bridgehead atoms. The Balaban J connectivity index is 1.97. The van der Waals surface area contributed by atoms with Crippen LogP contribution < -0.4 is 5.49 Å². The average molecular weight is 558 g/mol. The second kappa shape index (κ2) is 10.0. The van der Waals surface area contributed by atoms with Gasteiger partial charge in [0.2, 0.25) is 0 Å². The molecule has 2 aromatic heterocycles. The first-order chi connectivity index (χ1) is 19.5. The highest BCUT2D eigenvalue weighted by atomic mass is 15.1. The monoisotopic (exact) mass is 557 g/mol. The van der Waals surface area contributed by atoms with E-state index in [0.717, 1.165) is 49.9 Å². The number of hydrogen-bond donors (Lipinski definition) is 2. The molecule has 0 saturated carbocycles. The van der Waals surface area contributed by atoms with Crippen LogP contribution in [0.4, 0.5) is 0 Å². The van der Waals surface area contributed by atoms with Crippen molar-refractivity contribution in [3.8, 4) is 11.1 Å². The molecule has 5 aromatic rings. The van der Waals surface area contributed by atoms with Gasteiger partial charge in [-0.15, -0.1) is 0 Å². The molecule has 0 spiro atoms. The maximum absolute atomic E-state index is 9.66. The van der Waals surface area contributed by atoms with Crippen molar-refractivity contribution in [3.63, 3.8) is 0 Å². The Labute approximate surface area is 249 Å². The molecule has 0 aliphatic rings. The Morgan fingerprint density at radius 1 is 0.738 bits per heavy atom. The number of rotatable bonds is 3. The predicted octanol–water partition coefficient (Wildman–Crippen LogP) is 8.78. The van der Waals surface area contributed by atoms with E-state index in [1.165, 1.54) is 22.3 Å². The fraction of sp³-hybridized carbons (Fsp3) is 0.351. The van der Waals surface area contributed by atoms with Gasteiger partial charge in [-0.25, -0.2) is 9.97 Å². The second-order valence-corrected chi connectivity index (χ2v) is 13.6. The molecule has 0 fully saturated rings. The fourth-order valence-electron chi connectivity index (χ4n) is 6.48. The van der Waals surface area contributed by atoms with Crippen LogP contribution in [0.2, 0.25) is 0 Å². The highest BCUT2D eigenvalue weighted by molar-refractivity contribution is 6.12. The third kappa shape index (κ3) is 4.56. The molecular weight excluding hydrogens is 514 g/mol. The van der Waals surface area contributed by atoms with Crippen LogP contribution in [0.1, 0.15) is 79.3 Å². The standard InChI is InChI=1S/C37H43N5/c1-20-14-22(3)29(23(4)15-20)26-12-13-28-27(18-26)32-31(33(41-19-40-32)37(10,11)36(7,8)9)35(39)42(28)34(38)30-24(5)16-21(2)17-25(30)6/h12-19,38-39H,1-11H3. The van der Waals surface area contributed by atoms with Crippen molar-refractivity contribution in [2.45, 2.75) is 81.6 Å². The zero-order chi connectivity index (χ0) is 30.9. The summed E-state index contributed by atoms with van der Waals surface area (Å²) in [6.45, 7) is 23.7. The summed E-state index contributed by atoms with van der Waals surface area (Å²) in [6.07, 6.45) is 1.64. The first-order valence-corrected chi connectivity index (χ1v) is 14.7. The SMILES string of the molecule is Cc1cc(C)c(C(=N)n2c(=N)c3c(C(C)(C)C(C)(C)C)ncnc3c3cc(-c4c(C)cc(C)cc4C)ccc32)c(C)c1. The third-order valence-electron chi connectivity index (χ3n) is 9.37. The number of benzene rings is 3. The highest BCUT2D eigenvalue weighted by Crippen LogP contribution is 2.42. The van der Waals surface area contributed by atoms with Crippen LogP contribution in [-0.4, -0.2) is 20.4 Å². The molecular formula is C37H43N5. The first-order valence-electron chi connectivity index (χ1n) is 14.7. The Morgan fingerprint density at radius 2 is 1.29 bits per heavy atom. The molecule has 0 unspecified atom stereocenters. The Bertz CT molecular complexity index is 1940. The van der Waals surface area contributed by atoms with Crippen LogP contribution in [-0.2, 0) is 5.41 Å². The molecule has 0 aliphatic heterocycles. The van der Waals surface area contributed by atoms with Crippen molar-refractivity contribution in [1.29, 1.82) is 10.8 Å². The quantitative estimate of drug-likeness (QED) is 0.132. The van der Waals surface area contributed by atoms with E-state index < -0.39 is 0 Å². The zero-order valence-corrected chi connectivity index (χ0v) is 27.0. The van der Waals surface area contributed by atoms with Gasteiger partial charge in [0, 0.05) is 16.4 Å². The summed E-state index contributed by atoms with van der Waals surface area (Å²) in [5, 5.41) is 20.9. The van der Waals surface area contributed by atoms with Gasteiger partial charge in [-0.2, -0.15) is 0 Å². The number of aromatic nitrogens is 3. The van der Waals surface area contributed by atoms with Gasteiger partial charge in [-0.3, -0.25) is 15.4 Å². The lowest BCUT2D eigenvalue weighted by atomic mass is 9.66. The molecule has 0 amide bonds. The van der Waals surface area contributed by atoms with E-state index in [0.29, 0.717) is 11.2 Å². The number of aryl methyl sites for hydroxylation is 6. The largest absolute Gasteiger partial charge is 0.283 e. The van der Waals surface area contributed by atoms with Crippen LogP contribution in [0, 0.1) is 57.8 Å². The third-order valence-corrected chi connectivity index (χ3v) is 9.37.